The van der Waals surface area contributed by atoms with Crippen LogP contribution in [0.15, 0.2) is 30.5 Å². The minimum Gasteiger partial charge on any atom is -0.393 e. The van der Waals surface area contributed by atoms with Crippen LogP contribution in [0.1, 0.15) is 36.1 Å². The molecule has 27 heavy (non-hydrogen) atoms. The second-order valence-electron chi connectivity index (χ2n) is 6.66. The van der Waals surface area contributed by atoms with Gasteiger partial charge in [0.2, 0.25) is 0 Å². The first kappa shape index (κ1) is 20.1. The summed E-state index contributed by atoms with van der Waals surface area (Å²) in [4.78, 5) is 16.7. The van der Waals surface area contributed by atoms with Crippen molar-refractivity contribution in [3.8, 4) is 0 Å². The second kappa shape index (κ2) is 7.43. The number of hydrogen-bond acceptors (Lipinski definition) is 4. The number of pyridine rings is 1. The highest BCUT2D eigenvalue weighted by molar-refractivity contribution is 6.35. The molecule has 3 rings (SSSR count). The van der Waals surface area contributed by atoms with E-state index in [1.165, 1.54) is 24.4 Å². The standard InChI is InChI=1S/C19H17Cl2F2NO3/c20-11-8-14(21)12(15(22)9-11)3-4-16(26)19(23)6-5-18(27,10-25)17-13(19)2-1-7-24-17/h1-2,7-9,25,27H,3-6,10H2/t18-,19-/m0/s1. The Morgan fingerprint density at radius 3 is 2.70 bits per heavy atom. The van der Waals surface area contributed by atoms with Gasteiger partial charge >= 0.3 is 0 Å². The van der Waals surface area contributed by atoms with Crippen molar-refractivity contribution in [1.29, 1.82) is 0 Å². The number of hydrogen-bond donors (Lipinski definition) is 2. The fourth-order valence-electron chi connectivity index (χ4n) is 3.42. The number of aromatic nitrogens is 1. The first-order chi connectivity index (χ1) is 12.7. The van der Waals surface area contributed by atoms with Gasteiger partial charge < -0.3 is 10.2 Å². The average molecular weight is 416 g/mol. The van der Waals surface area contributed by atoms with Crippen LogP contribution in [0.25, 0.3) is 0 Å². The van der Waals surface area contributed by atoms with Gasteiger partial charge in [0.15, 0.2) is 11.5 Å². The van der Waals surface area contributed by atoms with E-state index in [4.69, 9.17) is 23.2 Å². The molecule has 2 atom stereocenters. The van der Waals surface area contributed by atoms with E-state index in [0.717, 1.165) is 6.07 Å². The maximum Gasteiger partial charge on any atom is 0.195 e. The summed E-state index contributed by atoms with van der Waals surface area (Å²) >= 11 is 11.7. The maximum atomic E-state index is 15.7. The van der Waals surface area contributed by atoms with Crippen LogP contribution < -0.4 is 0 Å². The Morgan fingerprint density at radius 1 is 1.30 bits per heavy atom. The molecule has 0 bridgehead atoms. The van der Waals surface area contributed by atoms with Gasteiger partial charge in [-0.3, -0.25) is 9.78 Å². The van der Waals surface area contributed by atoms with Crippen molar-refractivity contribution in [2.24, 2.45) is 0 Å². The number of carbonyl (C=O) groups excluding carboxylic acids is 1. The van der Waals surface area contributed by atoms with Crippen molar-refractivity contribution in [3.05, 3.63) is 63.1 Å². The molecular weight excluding hydrogens is 399 g/mol. The molecule has 2 N–H and O–H groups in total. The third kappa shape index (κ3) is 3.59. The zero-order chi connectivity index (χ0) is 19.8. The molecule has 8 heteroatoms. The Kier molecular flexibility index (Phi) is 5.54. The van der Waals surface area contributed by atoms with E-state index in [-0.39, 0.29) is 52.5 Å². The molecule has 1 aromatic carbocycles. The van der Waals surface area contributed by atoms with Crippen LogP contribution in [0.4, 0.5) is 8.78 Å². The first-order valence-corrected chi connectivity index (χ1v) is 9.12. The van der Waals surface area contributed by atoms with E-state index >= 15 is 4.39 Å². The molecule has 4 nitrogen and oxygen atoms in total. The molecule has 0 amide bonds. The molecule has 0 aliphatic heterocycles. The van der Waals surface area contributed by atoms with Crippen molar-refractivity contribution in [1.82, 2.24) is 4.98 Å². The number of aliphatic hydroxyl groups excluding tert-OH is 1. The molecule has 2 aromatic rings. The minimum absolute atomic E-state index is 0.0506. The minimum atomic E-state index is -2.37. The number of nitrogens with zero attached hydrogens (tertiary/aromatic N) is 1. The lowest BCUT2D eigenvalue weighted by molar-refractivity contribution is -0.135. The highest BCUT2D eigenvalue weighted by Gasteiger charge is 2.51. The van der Waals surface area contributed by atoms with Gasteiger partial charge in [-0.25, -0.2) is 8.78 Å². The topological polar surface area (TPSA) is 70.4 Å². The van der Waals surface area contributed by atoms with E-state index in [1.807, 2.05) is 0 Å². The van der Waals surface area contributed by atoms with Gasteiger partial charge in [-0.1, -0.05) is 29.3 Å². The highest BCUT2D eigenvalue weighted by Crippen LogP contribution is 2.46. The quantitative estimate of drug-likeness (QED) is 0.777. The van der Waals surface area contributed by atoms with Crippen molar-refractivity contribution in [2.45, 2.75) is 37.0 Å². The molecule has 0 spiro atoms. The number of aliphatic hydroxyl groups is 2. The van der Waals surface area contributed by atoms with Gasteiger partial charge in [-0.2, -0.15) is 0 Å². The lowest BCUT2D eigenvalue weighted by Crippen LogP contribution is -2.45. The monoisotopic (exact) mass is 415 g/mol. The van der Waals surface area contributed by atoms with Gasteiger partial charge in [-0.15, -0.1) is 0 Å². The number of benzene rings is 1. The molecule has 1 heterocycles. The van der Waals surface area contributed by atoms with E-state index in [1.54, 1.807) is 0 Å². The van der Waals surface area contributed by atoms with Crippen LogP contribution in [0.3, 0.4) is 0 Å². The number of alkyl halides is 1. The fourth-order valence-corrected chi connectivity index (χ4v) is 3.98. The second-order valence-corrected chi connectivity index (χ2v) is 7.51. The largest absolute Gasteiger partial charge is 0.393 e. The molecule has 1 aliphatic rings. The van der Waals surface area contributed by atoms with Gasteiger partial charge in [0.05, 0.1) is 12.3 Å². The molecule has 0 saturated carbocycles. The summed E-state index contributed by atoms with van der Waals surface area (Å²) in [5.41, 5.74) is -4.10. The van der Waals surface area contributed by atoms with E-state index in [0.29, 0.717) is 0 Å². The Hall–Kier alpha value is -1.60. The van der Waals surface area contributed by atoms with Gasteiger partial charge in [-0.05, 0) is 37.5 Å². The van der Waals surface area contributed by atoms with Crippen LogP contribution in [-0.2, 0) is 22.5 Å². The van der Waals surface area contributed by atoms with Gasteiger partial charge in [0, 0.05) is 33.8 Å². The van der Waals surface area contributed by atoms with Crippen LogP contribution in [0.5, 0.6) is 0 Å². The third-order valence-corrected chi connectivity index (χ3v) is 5.53. The van der Waals surface area contributed by atoms with Crippen LogP contribution in [-0.4, -0.2) is 27.6 Å². The normalized spacial score (nSPS) is 24.5. The maximum absolute atomic E-state index is 15.7. The summed E-state index contributed by atoms with van der Waals surface area (Å²) in [5, 5.41) is 20.2. The number of ketones is 1. The van der Waals surface area contributed by atoms with E-state index in [2.05, 4.69) is 4.98 Å². The number of rotatable bonds is 5. The average Bonchev–Trinajstić information content (AvgIpc) is 2.64. The fraction of sp³-hybridized carbons (Fsp3) is 0.368. The van der Waals surface area contributed by atoms with Crippen LogP contribution in [0, 0.1) is 5.82 Å². The smallest absolute Gasteiger partial charge is 0.195 e. The lowest BCUT2D eigenvalue weighted by Gasteiger charge is -2.38. The Balaban J connectivity index is 1.88. The number of Topliss-reactive ketones (excluding diaryl/α,β-unsaturated/α-hetero) is 1. The summed E-state index contributed by atoms with van der Waals surface area (Å²) in [5.74, 6) is -1.42. The summed E-state index contributed by atoms with van der Waals surface area (Å²) < 4.78 is 29.7. The molecule has 1 aromatic heterocycles. The molecule has 1 aliphatic carbocycles. The Bertz CT molecular complexity index is 872. The summed E-state index contributed by atoms with van der Waals surface area (Å²) in [7, 11) is 0. The molecular formula is C19H17Cl2F2NO3. The SMILES string of the molecule is O=C(CCc1c(F)cc(Cl)cc1Cl)[C@]1(F)CC[C@](O)(CO)c2ncccc21. The molecule has 0 saturated heterocycles. The number of carbonyl (C=O) groups is 1. The lowest BCUT2D eigenvalue weighted by atomic mass is 9.72. The highest BCUT2D eigenvalue weighted by atomic mass is 35.5. The summed E-state index contributed by atoms with van der Waals surface area (Å²) in [6.45, 7) is -0.632. The molecule has 0 fully saturated rings. The Labute approximate surface area is 164 Å². The molecule has 0 unspecified atom stereocenters. The van der Waals surface area contributed by atoms with Crippen LogP contribution >= 0.6 is 23.2 Å². The van der Waals surface area contributed by atoms with Crippen LogP contribution in [0.2, 0.25) is 10.0 Å². The number of fused-ring (bicyclic) bond motifs is 1. The van der Waals surface area contributed by atoms with Crippen molar-refractivity contribution in [3.63, 3.8) is 0 Å². The van der Waals surface area contributed by atoms with Crippen molar-refractivity contribution < 1.29 is 23.8 Å². The first-order valence-electron chi connectivity index (χ1n) is 8.36. The summed E-state index contributed by atoms with van der Waals surface area (Å²) in [6.07, 6.45) is 0.510. The number of halogens is 4. The molecule has 0 radical (unpaired) electrons. The van der Waals surface area contributed by atoms with Gasteiger partial charge in [0.1, 0.15) is 11.4 Å². The van der Waals surface area contributed by atoms with Crippen molar-refractivity contribution >= 4 is 29.0 Å². The van der Waals surface area contributed by atoms with Gasteiger partial charge in [0.25, 0.3) is 0 Å². The van der Waals surface area contributed by atoms with E-state index < -0.39 is 29.5 Å². The summed E-state index contributed by atoms with van der Waals surface area (Å²) in [6, 6.07) is 5.27. The predicted molar refractivity (Wildman–Crippen MR) is 97.0 cm³/mol. The zero-order valence-corrected chi connectivity index (χ0v) is 15.7. The molecule has 144 valence electrons. The van der Waals surface area contributed by atoms with Crippen molar-refractivity contribution in [2.75, 3.05) is 6.61 Å². The third-order valence-electron chi connectivity index (χ3n) is 4.97. The zero-order valence-electron chi connectivity index (χ0n) is 14.2. The predicted octanol–water partition coefficient (Wildman–Crippen LogP) is 3.87. The van der Waals surface area contributed by atoms with E-state index in [9.17, 15) is 19.4 Å². The Morgan fingerprint density at radius 2 is 2.04 bits per heavy atom.